The number of hydrogen-bond acceptors (Lipinski definition) is 3. The van der Waals surface area contributed by atoms with Crippen LogP contribution in [-0.2, 0) is 13.2 Å². The highest BCUT2D eigenvalue weighted by molar-refractivity contribution is 5.30. The van der Waals surface area contributed by atoms with Crippen molar-refractivity contribution in [3.05, 3.63) is 59.9 Å². The predicted octanol–water partition coefficient (Wildman–Crippen LogP) is 2.38. The lowest BCUT2D eigenvalue weighted by Crippen LogP contribution is -2.08. The molecule has 0 saturated carbocycles. The maximum atomic E-state index is 5.80. The van der Waals surface area contributed by atoms with E-state index in [9.17, 15) is 0 Å². The van der Waals surface area contributed by atoms with Crippen LogP contribution < -0.4 is 10.1 Å². The van der Waals surface area contributed by atoms with E-state index in [2.05, 4.69) is 22.4 Å². The van der Waals surface area contributed by atoms with Crippen LogP contribution in [0.25, 0.3) is 0 Å². The molecule has 3 heteroatoms. The van der Waals surface area contributed by atoms with Gasteiger partial charge in [-0.05, 0) is 18.7 Å². The Balaban J connectivity index is 2.03. The molecule has 2 rings (SSSR count). The Hall–Kier alpha value is -1.87. The van der Waals surface area contributed by atoms with E-state index in [4.69, 9.17) is 4.74 Å². The first-order chi connectivity index (χ1) is 8.40. The van der Waals surface area contributed by atoms with Gasteiger partial charge >= 0.3 is 0 Å². The quantitative estimate of drug-likeness (QED) is 0.853. The van der Waals surface area contributed by atoms with Crippen LogP contribution >= 0.6 is 0 Å². The lowest BCUT2D eigenvalue weighted by molar-refractivity contribution is 0.302. The van der Waals surface area contributed by atoms with Gasteiger partial charge in [-0.15, -0.1) is 0 Å². The summed E-state index contributed by atoms with van der Waals surface area (Å²) in [6.45, 7) is 1.35. The van der Waals surface area contributed by atoms with Gasteiger partial charge in [-0.3, -0.25) is 4.98 Å². The Morgan fingerprint density at radius 2 is 2.00 bits per heavy atom. The zero-order chi connectivity index (χ0) is 11.9. The third-order valence-corrected chi connectivity index (χ3v) is 2.46. The minimum absolute atomic E-state index is 0.585. The molecular formula is C14H16N2O. The standard InChI is InChI=1S/C14H16N2O/c1-15-9-13-10-16-8-7-14(13)17-11-12-5-3-2-4-6-12/h2-8,10,15H,9,11H2,1H3. The molecule has 2 aromatic rings. The molecule has 0 radical (unpaired) electrons. The van der Waals surface area contributed by atoms with Gasteiger partial charge < -0.3 is 10.1 Å². The summed E-state index contributed by atoms with van der Waals surface area (Å²) in [4.78, 5) is 4.10. The maximum Gasteiger partial charge on any atom is 0.127 e. The molecule has 3 nitrogen and oxygen atoms in total. The van der Waals surface area contributed by atoms with Crippen molar-refractivity contribution >= 4 is 0 Å². The molecule has 0 atom stereocenters. The fraction of sp³-hybridized carbons (Fsp3) is 0.214. The van der Waals surface area contributed by atoms with E-state index in [-0.39, 0.29) is 0 Å². The van der Waals surface area contributed by atoms with Gasteiger partial charge in [0.05, 0.1) is 0 Å². The monoisotopic (exact) mass is 228 g/mol. The van der Waals surface area contributed by atoms with Crippen molar-refractivity contribution in [3.8, 4) is 5.75 Å². The van der Waals surface area contributed by atoms with Crippen molar-refractivity contribution in [3.63, 3.8) is 0 Å². The van der Waals surface area contributed by atoms with Crippen molar-refractivity contribution in [2.45, 2.75) is 13.2 Å². The smallest absolute Gasteiger partial charge is 0.127 e. The second-order valence-corrected chi connectivity index (χ2v) is 3.79. The zero-order valence-corrected chi connectivity index (χ0v) is 9.89. The molecule has 0 spiro atoms. The Labute approximate surface area is 101 Å². The van der Waals surface area contributed by atoms with Crippen LogP contribution in [0.5, 0.6) is 5.75 Å². The Morgan fingerprint density at radius 3 is 2.76 bits per heavy atom. The van der Waals surface area contributed by atoms with Crippen LogP contribution in [-0.4, -0.2) is 12.0 Å². The molecule has 1 heterocycles. The van der Waals surface area contributed by atoms with Gasteiger partial charge in [-0.1, -0.05) is 30.3 Å². The van der Waals surface area contributed by atoms with Gasteiger partial charge in [0, 0.05) is 24.5 Å². The lowest BCUT2D eigenvalue weighted by Gasteiger charge is -2.10. The van der Waals surface area contributed by atoms with Crippen molar-refractivity contribution in [2.75, 3.05) is 7.05 Å². The molecule has 0 aliphatic rings. The largest absolute Gasteiger partial charge is 0.488 e. The number of hydrogen-bond donors (Lipinski definition) is 1. The SMILES string of the molecule is CNCc1cnccc1OCc1ccccc1. The summed E-state index contributed by atoms with van der Waals surface area (Å²) in [5.74, 6) is 0.887. The predicted molar refractivity (Wildman–Crippen MR) is 67.8 cm³/mol. The highest BCUT2D eigenvalue weighted by Gasteiger charge is 2.02. The summed E-state index contributed by atoms with van der Waals surface area (Å²) in [6, 6.07) is 12.0. The average Bonchev–Trinajstić information content (AvgIpc) is 2.39. The highest BCUT2D eigenvalue weighted by Crippen LogP contribution is 2.17. The molecular weight excluding hydrogens is 212 g/mol. The molecule has 0 saturated heterocycles. The fourth-order valence-electron chi connectivity index (χ4n) is 1.61. The lowest BCUT2D eigenvalue weighted by atomic mass is 10.2. The Morgan fingerprint density at radius 1 is 1.18 bits per heavy atom. The van der Waals surface area contributed by atoms with Gasteiger partial charge in [0.25, 0.3) is 0 Å². The number of pyridine rings is 1. The second kappa shape index (κ2) is 6.01. The van der Waals surface area contributed by atoms with Crippen LogP contribution in [0.1, 0.15) is 11.1 Å². The third kappa shape index (κ3) is 3.29. The van der Waals surface area contributed by atoms with Crippen molar-refractivity contribution in [1.29, 1.82) is 0 Å². The molecule has 0 amide bonds. The van der Waals surface area contributed by atoms with E-state index in [0.29, 0.717) is 6.61 Å². The molecule has 0 unspecified atom stereocenters. The number of rotatable bonds is 5. The topological polar surface area (TPSA) is 34.2 Å². The first-order valence-electron chi connectivity index (χ1n) is 5.64. The molecule has 1 aromatic carbocycles. The first kappa shape index (κ1) is 11.6. The number of ether oxygens (including phenoxy) is 1. The van der Waals surface area contributed by atoms with Crippen LogP contribution in [0.4, 0.5) is 0 Å². The normalized spacial score (nSPS) is 10.2. The average molecular weight is 228 g/mol. The Bertz CT molecular complexity index is 457. The van der Waals surface area contributed by atoms with Crippen molar-refractivity contribution in [2.24, 2.45) is 0 Å². The summed E-state index contributed by atoms with van der Waals surface area (Å²) in [5.41, 5.74) is 2.24. The molecule has 17 heavy (non-hydrogen) atoms. The second-order valence-electron chi connectivity index (χ2n) is 3.79. The van der Waals surface area contributed by atoms with Gasteiger partial charge in [0.2, 0.25) is 0 Å². The van der Waals surface area contributed by atoms with E-state index in [1.54, 1.807) is 6.20 Å². The van der Waals surface area contributed by atoms with Crippen LogP contribution in [0.2, 0.25) is 0 Å². The Kier molecular flexibility index (Phi) is 4.11. The number of nitrogens with one attached hydrogen (secondary N) is 1. The fourth-order valence-corrected chi connectivity index (χ4v) is 1.61. The van der Waals surface area contributed by atoms with E-state index in [0.717, 1.165) is 17.9 Å². The van der Waals surface area contributed by atoms with E-state index in [1.807, 2.05) is 37.5 Å². The van der Waals surface area contributed by atoms with Gasteiger partial charge in [-0.25, -0.2) is 0 Å². The summed E-state index contributed by atoms with van der Waals surface area (Å²) >= 11 is 0. The van der Waals surface area contributed by atoms with Crippen molar-refractivity contribution in [1.82, 2.24) is 10.3 Å². The van der Waals surface area contributed by atoms with Crippen LogP contribution in [0.3, 0.4) is 0 Å². The van der Waals surface area contributed by atoms with Crippen LogP contribution in [0, 0.1) is 0 Å². The van der Waals surface area contributed by atoms with Crippen LogP contribution in [0.15, 0.2) is 48.8 Å². The third-order valence-electron chi connectivity index (χ3n) is 2.46. The number of aromatic nitrogens is 1. The maximum absolute atomic E-state index is 5.80. The molecule has 1 aromatic heterocycles. The summed E-state index contributed by atoms with van der Waals surface area (Å²) in [5, 5.41) is 3.10. The van der Waals surface area contributed by atoms with E-state index < -0.39 is 0 Å². The minimum atomic E-state index is 0.585. The zero-order valence-electron chi connectivity index (χ0n) is 9.89. The minimum Gasteiger partial charge on any atom is -0.488 e. The van der Waals surface area contributed by atoms with E-state index >= 15 is 0 Å². The van der Waals surface area contributed by atoms with E-state index in [1.165, 1.54) is 5.56 Å². The molecule has 0 aliphatic heterocycles. The molecule has 0 fully saturated rings. The summed E-state index contributed by atoms with van der Waals surface area (Å²) < 4.78 is 5.80. The summed E-state index contributed by atoms with van der Waals surface area (Å²) in [6.07, 6.45) is 3.58. The van der Waals surface area contributed by atoms with Gasteiger partial charge in [0.1, 0.15) is 12.4 Å². The number of nitrogens with zero attached hydrogens (tertiary/aromatic N) is 1. The first-order valence-corrected chi connectivity index (χ1v) is 5.64. The number of benzene rings is 1. The highest BCUT2D eigenvalue weighted by atomic mass is 16.5. The molecule has 0 bridgehead atoms. The molecule has 88 valence electrons. The summed E-state index contributed by atoms with van der Waals surface area (Å²) in [7, 11) is 1.91. The molecule has 1 N–H and O–H groups in total. The molecule has 0 aliphatic carbocycles. The van der Waals surface area contributed by atoms with Gasteiger partial charge in [-0.2, -0.15) is 0 Å². The van der Waals surface area contributed by atoms with Crippen molar-refractivity contribution < 1.29 is 4.74 Å². The van der Waals surface area contributed by atoms with Gasteiger partial charge in [0.15, 0.2) is 0 Å².